The first-order chi connectivity index (χ1) is 13.7. The van der Waals surface area contributed by atoms with E-state index in [4.69, 9.17) is 17.0 Å². The number of aryl methyl sites for hydroxylation is 1. The number of ether oxygens (including phenoxy) is 1. The first kappa shape index (κ1) is 19.6. The molecule has 2 aromatic carbocycles. The van der Waals surface area contributed by atoms with Crippen LogP contribution in [0.4, 0.5) is 5.69 Å². The molecule has 2 N–H and O–H groups in total. The van der Waals surface area contributed by atoms with Gasteiger partial charge < -0.3 is 15.2 Å². The number of fused-ring (bicyclic) bond motifs is 2. The first-order valence-electron chi connectivity index (χ1n) is 9.90. The molecular weight excluding hydrogens is 380 g/mol. The van der Waals surface area contributed by atoms with E-state index in [9.17, 15) is 5.11 Å². The highest BCUT2D eigenvalue weighted by atomic mass is 32.1. The van der Waals surface area contributed by atoms with Crippen molar-refractivity contribution in [3.05, 3.63) is 58.3 Å². The highest BCUT2D eigenvalue weighted by Crippen LogP contribution is 2.43. The van der Waals surface area contributed by atoms with E-state index in [1.54, 1.807) is 0 Å². The van der Waals surface area contributed by atoms with Crippen LogP contribution in [0.2, 0.25) is 0 Å². The lowest BCUT2D eigenvalue weighted by molar-refractivity contribution is 0.134. The Morgan fingerprint density at radius 3 is 2.62 bits per heavy atom. The SMILES string of the molecule is Cc1cc(NC(=S)C2(C)CCc3c(C)c(O)c(C)c(C)c3O2)c2ccccc2n1. The van der Waals surface area contributed by atoms with Gasteiger partial charge in [-0.1, -0.05) is 30.4 Å². The van der Waals surface area contributed by atoms with Crippen LogP contribution in [0.15, 0.2) is 30.3 Å². The summed E-state index contributed by atoms with van der Waals surface area (Å²) in [6.07, 6.45) is 1.56. The molecule has 0 amide bonds. The first-order valence-corrected chi connectivity index (χ1v) is 10.3. The normalized spacial score (nSPS) is 18.2. The number of nitrogens with one attached hydrogen (secondary N) is 1. The third-order valence-electron chi connectivity index (χ3n) is 6.09. The van der Waals surface area contributed by atoms with Gasteiger partial charge in [0.1, 0.15) is 16.5 Å². The largest absolute Gasteiger partial charge is 0.507 e. The number of benzene rings is 2. The molecule has 0 fully saturated rings. The minimum Gasteiger partial charge on any atom is -0.507 e. The molecule has 150 valence electrons. The molecule has 1 atom stereocenters. The van der Waals surface area contributed by atoms with Crippen molar-refractivity contribution in [2.75, 3.05) is 5.32 Å². The molecule has 2 heterocycles. The Labute approximate surface area is 176 Å². The smallest absolute Gasteiger partial charge is 0.156 e. The summed E-state index contributed by atoms with van der Waals surface area (Å²) >= 11 is 5.83. The Bertz CT molecular complexity index is 1160. The van der Waals surface area contributed by atoms with Crippen molar-refractivity contribution in [1.29, 1.82) is 0 Å². The standard InChI is InChI=1S/C24H26N2O2S/c1-13-12-20(18-8-6-7-9-19(18)25-13)26-23(29)24(5)11-10-17-16(4)21(27)14(2)15(3)22(17)28-24/h6-9,12,27H,10-11H2,1-5H3,(H,25,26,29). The minimum atomic E-state index is -0.624. The van der Waals surface area contributed by atoms with Gasteiger partial charge in [-0.25, -0.2) is 0 Å². The third-order valence-corrected chi connectivity index (χ3v) is 6.63. The second-order valence-corrected chi connectivity index (χ2v) is 8.55. The zero-order valence-electron chi connectivity index (χ0n) is 17.5. The number of aromatic nitrogens is 1. The average Bonchev–Trinajstić information content (AvgIpc) is 2.70. The lowest BCUT2D eigenvalue weighted by Gasteiger charge is -2.38. The van der Waals surface area contributed by atoms with Crippen molar-refractivity contribution < 1.29 is 9.84 Å². The van der Waals surface area contributed by atoms with Crippen molar-refractivity contribution in [3.8, 4) is 11.5 Å². The number of rotatable bonds is 2. The summed E-state index contributed by atoms with van der Waals surface area (Å²) in [4.78, 5) is 5.26. The fourth-order valence-corrected chi connectivity index (χ4v) is 4.33. The lowest BCUT2D eigenvalue weighted by atomic mass is 9.87. The van der Waals surface area contributed by atoms with Crippen LogP contribution in [0.1, 0.15) is 41.3 Å². The van der Waals surface area contributed by atoms with Crippen LogP contribution < -0.4 is 10.1 Å². The third kappa shape index (κ3) is 3.23. The number of hydrogen-bond donors (Lipinski definition) is 2. The topological polar surface area (TPSA) is 54.4 Å². The Morgan fingerprint density at radius 1 is 1.14 bits per heavy atom. The van der Waals surface area contributed by atoms with E-state index in [0.717, 1.165) is 63.1 Å². The number of anilines is 1. The molecule has 4 nitrogen and oxygen atoms in total. The summed E-state index contributed by atoms with van der Waals surface area (Å²) < 4.78 is 6.51. The van der Waals surface area contributed by atoms with E-state index in [1.165, 1.54) is 0 Å². The fourth-order valence-electron chi connectivity index (χ4n) is 4.07. The van der Waals surface area contributed by atoms with E-state index in [-0.39, 0.29) is 0 Å². The number of hydrogen-bond acceptors (Lipinski definition) is 4. The molecule has 0 spiro atoms. The van der Waals surface area contributed by atoms with Gasteiger partial charge in [0, 0.05) is 16.6 Å². The van der Waals surface area contributed by atoms with Crippen LogP contribution in [0, 0.1) is 27.7 Å². The van der Waals surface area contributed by atoms with Gasteiger partial charge in [0.15, 0.2) is 5.60 Å². The number of pyridine rings is 1. The molecule has 29 heavy (non-hydrogen) atoms. The summed E-state index contributed by atoms with van der Waals surface area (Å²) in [5.74, 6) is 1.22. The van der Waals surface area contributed by atoms with Crippen LogP contribution in [-0.2, 0) is 6.42 Å². The highest BCUT2D eigenvalue weighted by Gasteiger charge is 2.38. The predicted octanol–water partition coefficient (Wildman–Crippen LogP) is 5.70. The molecule has 0 radical (unpaired) electrons. The van der Waals surface area contributed by atoms with Gasteiger partial charge >= 0.3 is 0 Å². The molecule has 1 aliphatic rings. The van der Waals surface area contributed by atoms with Crippen molar-refractivity contribution >= 4 is 33.8 Å². The zero-order chi connectivity index (χ0) is 20.9. The Hall–Kier alpha value is -2.66. The molecule has 0 saturated heterocycles. The maximum Gasteiger partial charge on any atom is 0.156 e. The lowest BCUT2D eigenvalue weighted by Crippen LogP contribution is -2.47. The van der Waals surface area contributed by atoms with E-state index in [0.29, 0.717) is 10.7 Å². The van der Waals surface area contributed by atoms with Gasteiger partial charge in [-0.05, 0) is 76.3 Å². The molecule has 0 bridgehead atoms. The highest BCUT2D eigenvalue weighted by molar-refractivity contribution is 7.80. The molecular formula is C24H26N2O2S. The maximum atomic E-state index is 10.4. The second-order valence-electron chi connectivity index (χ2n) is 8.15. The van der Waals surface area contributed by atoms with E-state index in [1.807, 2.05) is 65.0 Å². The molecule has 0 aliphatic carbocycles. The molecule has 1 unspecified atom stereocenters. The van der Waals surface area contributed by atoms with Gasteiger partial charge in [-0.3, -0.25) is 4.98 Å². The van der Waals surface area contributed by atoms with E-state index >= 15 is 0 Å². The van der Waals surface area contributed by atoms with Crippen molar-refractivity contribution in [1.82, 2.24) is 4.98 Å². The van der Waals surface area contributed by atoms with Crippen LogP contribution in [0.5, 0.6) is 11.5 Å². The van der Waals surface area contributed by atoms with Gasteiger partial charge in [0.05, 0.1) is 11.2 Å². The van der Waals surface area contributed by atoms with Crippen molar-refractivity contribution in [2.45, 2.75) is 53.1 Å². The number of phenols is 1. The number of nitrogens with zero attached hydrogens (tertiary/aromatic N) is 1. The Kier molecular flexibility index (Phi) is 4.74. The van der Waals surface area contributed by atoms with Gasteiger partial charge in [-0.2, -0.15) is 0 Å². The van der Waals surface area contributed by atoms with Crippen molar-refractivity contribution in [2.24, 2.45) is 0 Å². The molecule has 5 heteroatoms. The molecule has 1 aliphatic heterocycles. The summed E-state index contributed by atoms with van der Waals surface area (Å²) in [5, 5.41) is 14.9. The predicted molar refractivity (Wildman–Crippen MR) is 122 cm³/mol. The fraction of sp³-hybridized carbons (Fsp3) is 0.333. The molecule has 0 saturated carbocycles. The summed E-state index contributed by atoms with van der Waals surface area (Å²) in [6.45, 7) is 9.90. The van der Waals surface area contributed by atoms with Crippen LogP contribution in [-0.4, -0.2) is 20.7 Å². The van der Waals surface area contributed by atoms with Crippen molar-refractivity contribution in [3.63, 3.8) is 0 Å². The minimum absolute atomic E-state index is 0.368. The number of aromatic hydroxyl groups is 1. The van der Waals surface area contributed by atoms with E-state index < -0.39 is 5.60 Å². The molecule has 4 rings (SSSR count). The average molecular weight is 407 g/mol. The van der Waals surface area contributed by atoms with Crippen LogP contribution >= 0.6 is 12.2 Å². The van der Waals surface area contributed by atoms with Gasteiger partial charge in [0.2, 0.25) is 0 Å². The van der Waals surface area contributed by atoms with Crippen LogP contribution in [0.3, 0.4) is 0 Å². The Balaban J connectivity index is 1.69. The summed E-state index contributed by atoms with van der Waals surface area (Å²) in [6, 6.07) is 10.1. The molecule has 1 aromatic heterocycles. The Morgan fingerprint density at radius 2 is 1.86 bits per heavy atom. The van der Waals surface area contributed by atoms with E-state index in [2.05, 4.69) is 10.3 Å². The quantitative estimate of drug-likeness (QED) is 0.535. The second kappa shape index (κ2) is 6.99. The maximum absolute atomic E-state index is 10.4. The summed E-state index contributed by atoms with van der Waals surface area (Å²) in [5.41, 5.74) is 6.02. The van der Waals surface area contributed by atoms with Gasteiger partial charge in [-0.15, -0.1) is 0 Å². The van der Waals surface area contributed by atoms with Crippen LogP contribution in [0.25, 0.3) is 10.9 Å². The zero-order valence-corrected chi connectivity index (χ0v) is 18.3. The number of phenolic OH excluding ortho intramolecular Hbond substituents is 1. The monoisotopic (exact) mass is 406 g/mol. The molecule has 3 aromatic rings. The number of para-hydroxylation sites is 1. The number of thiocarbonyl (C=S) groups is 1. The summed E-state index contributed by atoms with van der Waals surface area (Å²) in [7, 11) is 0. The van der Waals surface area contributed by atoms with Gasteiger partial charge in [0.25, 0.3) is 0 Å².